The van der Waals surface area contributed by atoms with Gasteiger partial charge in [-0.3, -0.25) is 4.90 Å². The van der Waals surface area contributed by atoms with Gasteiger partial charge in [0.15, 0.2) is 0 Å². The Hall–Kier alpha value is -0.150. The van der Waals surface area contributed by atoms with Gasteiger partial charge in [0.05, 0.1) is 6.04 Å². The summed E-state index contributed by atoms with van der Waals surface area (Å²) in [7, 11) is 0. The van der Waals surface area contributed by atoms with E-state index in [0.717, 1.165) is 6.54 Å². The largest absolute Gasteiger partial charge is 0.324 e. The Bertz CT molecular complexity index is 118. The molecule has 60 valence electrons. The Morgan fingerprint density at radius 3 is 2.50 bits per heavy atom. The van der Waals surface area contributed by atoms with Gasteiger partial charge in [-0.1, -0.05) is 6.92 Å². The van der Waals surface area contributed by atoms with Crippen LogP contribution in [0.3, 0.4) is 0 Å². The minimum atomic E-state index is -0.824. The number of likely N-dealkylation sites (tertiary alicyclic amines) is 1. The van der Waals surface area contributed by atoms with Crippen LogP contribution in [-0.2, 0) is 0 Å². The van der Waals surface area contributed by atoms with Gasteiger partial charge in [-0.25, -0.2) is 4.39 Å². The van der Waals surface area contributed by atoms with E-state index < -0.39 is 6.17 Å². The molecule has 0 saturated carbocycles. The summed E-state index contributed by atoms with van der Waals surface area (Å²) in [6.45, 7) is 5.42. The maximum absolute atomic E-state index is 12.8. The van der Waals surface area contributed by atoms with Gasteiger partial charge < -0.3 is 5.73 Å². The molecule has 0 spiro atoms. The van der Waals surface area contributed by atoms with E-state index in [4.69, 9.17) is 5.73 Å². The second kappa shape index (κ2) is 2.84. The lowest BCUT2D eigenvalue weighted by Gasteiger charge is -2.19. The van der Waals surface area contributed by atoms with E-state index in [1.54, 1.807) is 0 Å². The molecule has 1 unspecified atom stereocenters. The molecule has 0 radical (unpaired) electrons. The highest BCUT2D eigenvalue weighted by Gasteiger charge is 2.35. The minimum absolute atomic E-state index is 0.208. The van der Waals surface area contributed by atoms with Crippen LogP contribution in [0.5, 0.6) is 0 Å². The Morgan fingerprint density at radius 1 is 1.70 bits per heavy atom. The monoisotopic (exact) mass is 146 g/mol. The molecular weight excluding hydrogens is 131 g/mol. The first kappa shape index (κ1) is 7.95. The standard InChI is InChI=1S/C7H15FN2/c1-3-10-4-6(8)7(9)5(10)2/h5-7H,3-4,9H2,1-2H3/t5?,6-,7-/m0/s1. The van der Waals surface area contributed by atoms with Crippen molar-refractivity contribution in [3.63, 3.8) is 0 Å². The fourth-order valence-corrected chi connectivity index (χ4v) is 1.47. The van der Waals surface area contributed by atoms with Crippen LogP contribution in [0.25, 0.3) is 0 Å². The fraction of sp³-hybridized carbons (Fsp3) is 1.00. The summed E-state index contributed by atoms with van der Waals surface area (Å²) in [5.74, 6) is 0. The zero-order chi connectivity index (χ0) is 7.72. The van der Waals surface area contributed by atoms with Gasteiger partial charge in [0.25, 0.3) is 0 Å². The van der Waals surface area contributed by atoms with Crippen LogP contribution < -0.4 is 5.73 Å². The summed E-state index contributed by atoms with van der Waals surface area (Å²) in [6.07, 6.45) is -0.824. The number of rotatable bonds is 1. The highest BCUT2D eigenvalue weighted by atomic mass is 19.1. The van der Waals surface area contributed by atoms with Crippen molar-refractivity contribution in [2.45, 2.75) is 32.1 Å². The summed E-state index contributed by atoms with van der Waals surface area (Å²) in [6, 6.07) is -0.0695. The lowest BCUT2D eigenvalue weighted by atomic mass is 10.1. The molecular formula is C7H15FN2. The molecule has 1 aliphatic heterocycles. The second-order valence-corrected chi connectivity index (χ2v) is 2.92. The number of hydrogen-bond acceptors (Lipinski definition) is 2. The molecule has 2 N–H and O–H groups in total. The molecule has 1 saturated heterocycles. The number of nitrogens with two attached hydrogens (primary N) is 1. The maximum Gasteiger partial charge on any atom is 0.129 e. The second-order valence-electron chi connectivity index (χ2n) is 2.92. The number of nitrogens with zero attached hydrogens (tertiary/aromatic N) is 1. The van der Waals surface area contributed by atoms with Crippen LogP contribution in [0, 0.1) is 0 Å². The first-order valence-electron chi connectivity index (χ1n) is 3.80. The van der Waals surface area contributed by atoms with Crippen molar-refractivity contribution in [3.05, 3.63) is 0 Å². The van der Waals surface area contributed by atoms with E-state index in [0.29, 0.717) is 6.54 Å². The Balaban J connectivity index is 2.53. The smallest absolute Gasteiger partial charge is 0.129 e. The molecule has 0 amide bonds. The van der Waals surface area contributed by atoms with Crippen LogP contribution in [0.2, 0.25) is 0 Å². The SMILES string of the molecule is CCN1C[C@H](F)[C@@H](N)C1C. The molecule has 10 heavy (non-hydrogen) atoms. The highest BCUT2D eigenvalue weighted by molar-refractivity contribution is 4.93. The molecule has 3 heteroatoms. The van der Waals surface area contributed by atoms with Gasteiger partial charge in [0.2, 0.25) is 0 Å². The van der Waals surface area contributed by atoms with Gasteiger partial charge in [0.1, 0.15) is 6.17 Å². The summed E-state index contributed by atoms with van der Waals surface area (Å²) in [5.41, 5.74) is 5.57. The minimum Gasteiger partial charge on any atom is -0.324 e. The van der Waals surface area contributed by atoms with Crippen LogP contribution in [0.4, 0.5) is 4.39 Å². The Labute approximate surface area is 61.2 Å². The Kier molecular flexibility index (Phi) is 2.26. The number of likely N-dealkylation sites (N-methyl/N-ethyl adjacent to an activating group) is 1. The van der Waals surface area contributed by atoms with Crippen LogP contribution in [0.15, 0.2) is 0 Å². The van der Waals surface area contributed by atoms with Gasteiger partial charge in [-0.2, -0.15) is 0 Å². The number of halogens is 1. The van der Waals surface area contributed by atoms with Gasteiger partial charge >= 0.3 is 0 Å². The zero-order valence-corrected chi connectivity index (χ0v) is 6.55. The molecule has 1 heterocycles. The fourth-order valence-electron chi connectivity index (χ4n) is 1.47. The molecule has 1 rings (SSSR count). The highest BCUT2D eigenvalue weighted by Crippen LogP contribution is 2.17. The summed E-state index contributed by atoms with van der Waals surface area (Å²) in [4.78, 5) is 2.06. The van der Waals surface area contributed by atoms with Crippen LogP contribution >= 0.6 is 0 Å². The number of alkyl halides is 1. The molecule has 0 aliphatic carbocycles. The molecule has 0 aromatic rings. The average Bonchev–Trinajstić information content (AvgIpc) is 2.17. The van der Waals surface area contributed by atoms with Crippen molar-refractivity contribution in [1.29, 1.82) is 0 Å². The quantitative estimate of drug-likeness (QED) is 0.579. The van der Waals surface area contributed by atoms with E-state index in [9.17, 15) is 4.39 Å². The molecule has 0 bridgehead atoms. The zero-order valence-electron chi connectivity index (χ0n) is 6.55. The first-order chi connectivity index (χ1) is 4.66. The van der Waals surface area contributed by atoms with Gasteiger partial charge in [0, 0.05) is 12.6 Å². The lowest BCUT2D eigenvalue weighted by molar-refractivity contribution is 0.265. The van der Waals surface area contributed by atoms with Gasteiger partial charge in [-0.15, -0.1) is 0 Å². The van der Waals surface area contributed by atoms with E-state index in [1.807, 2.05) is 13.8 Å². The molecule has 3 atom stereocenters. The van der Waals surface area contributed by atoms with Crippen molar-refractivity contribution in [1.82, 2.24) is 4.90 Å². The summed E-state index contributed by atoms with van der Waals surface area (Å²) >= 11 is 0. The molecule has 0 aromatic carbocycles. The van der Waals surface area contributed by atoms with Crippen molar-refractivity contribution in [3.8, 4) is 0 Å². The molecule has 1 fully saturated rings. The summed E-state index contributed by atoms with van der Waals surface area (Å²) in [5, 5.41) is 0. The molecule has 0 aromatic heterocycles. The predicted molar refractivity (Wildman–Crippen MR) is 39.6 cm³/mol. The third kappa shape index (κ3) is 1.16. The maximum atomic E-state index is 12.8. The van der Waals surface area contributed by atoms with E-state index in [1.165, 1.54) is 0 Å². The predicted octanol–water partition coefficient (Wildman–Crippen LogP) is 0.376. The lowest BCUT2D eigenvalue weighted by Crippen LogP contribution is -2.38. The topological polar surface area (TPSA) is 29.3 Å². The third-order valence-electron chi connectivity index (χ3n) is 2.37. The normalized spacial score (nSPS) is 42.6. The third-order valence-corrected chi connectivity index (χ3v) is 2.37. The van der Waals surface area contributed by atoms with Crippen LogP contribution in [-0.4, -0.2) is 36.2 Å². The summed E-state index contributed by atoms with van der Waals surface area (Å²) < 4.78 is 12.8. The molecule has 1 aliphatic rings. The van der Waals surface area contributed by atoms with Gasteiger partial charge in [-0.05, 0) is 13.5 Å². The Morgan fingerprint density at radius 2 is 2.30 bits per heavy atom. The molecule has 2 nitrogen and oxygen atoms in total. The van der Waals surface area contributed by atoms with Crippen molar-refractivity contribution in [2.24, 2.45) is 5.73 Å². The number of hydrogen-bond donors (Lipinski definition) is 1. The first-order valence-corrected chi connectivity index (χ1v) is 3.80. The van der Waals surface area contributed by atoms with E-state index >= 15 is 0 Å². The van der Waals surface area contributed by atoms with Crippen LogP contribution in [0.1, 0.15) is 13.8 Å². The van der Waals surface area contributed by atoms with Crippen molar-refractivity contribution < 1.29 is 4.39 Å². The van der Waals surface area contributed by atoms with Crippen molar-refractivity contribution in [2.75, 3.05) is 13.1 Å². The van der Waals surface area contributed by atoms with Crippen molar-refractivity contribution >= 4 is 0 Å². The average molecular weight is 146 g/mol. The van der Waals surface area contributed by atoms with E-state index in [-0.39, 0.29) is 12.1 Å². The van der Waals surface area contributed by atoms with E-state index in [2.05, 4.69) is 4.90 Å².